The van der Waals surface area contributed by atoms with E-state index in [1.54, 1.807) is 18.2 Å². The summed E-state index contributed by atoms with van der Waals surface area (Å²) in [6, 6.07) is 6.66. The van der Waals surface area contributed by atoms with Crippen molar-refractivity contribution in [3.8, 4) is 11.6 Å². The Morgan fingerprint density at radius 3 is 2.95 bits per heavy atom. The molecule has 0 aliphatic carbocycles. The number of rotatable bonds is 5. The maximum Gasteiger partial charge on any atom is 0.254 e. The van der Waals surface area contributed by atoms with Crippen molar-refractivity contribution in [3.05, 3.63) is 58.7 Å². The first-order valence-corrected chi connectivity index (χ1v) is 6.39. The predicted octanol–water partition coefficient (Wildman–Crippen LogP) is 2.44. The van der Waals surface area contributed by atoms with Gasteiger partial charge in [0, 0.05) is 17.7 Å². The van der Waals surface area contributed by atoms with Gasteiger partial charge in [-0.05, 0) is 24.6 Å². The minimum Gasteiger partial charge on any atom is -0.438 e. The standard InChI is InChI=1S/C15H17N3O2/c1-3-5-10-8-11(16)6-7-12(10)20-15-9-14(19)17-13(4-2)18-15/h3,6-9H,1,4-5,16H2,2H3,(H,17,18,19). The first kappa shape index (κ1) is 13.9. The van der Waals surface area contributed by atoms with Crippen LogP contribution in [0.5, 0.6) is 11.6 Å². The van der Waals surface area contributed by atoms with Gasteiger partial charge in [0.2, 0.25) is 5.88 Å². The van der Waals surface area contributed by atoms with E-state index in [0.717, 1.165) is 5.56 Å². The Morgan fingerprint density at radius 2 is 2.25 bits per heavy atom. The molecule has 2 rings (SSSR count). The Bertz CT molecular complexity index is 677. The Hall–Kier alpha value is -2.56. The zero-order valence-electron chi connectivity index (χ0n) is 11.3. The lowest BCUT2D eigenvalue weighted by Gasteiger charge is -2.10. The molecule has 0 unspecified atom stereocenters. The van der Waals surface area contributed by atoms with Crippen LogP contribution >= 0.6 is 0 Å². The second-order valence-corrected chi connectivity index (χ2v) is 4.35. The number of anilines is 1. The van der Waals surface area contributed by atoms with Crippen molar-refractivity contribution in [2.75, 3.05) is 5.73 Å². The fourth-order valence-corrected chi connectivity index (χ4v) is 1.83. The monoisotopic (exact) mass is 271 g/mol. The van der Waals surface area contributed by atoms with Gasteiger partial charge in [0.25, 0.3) is 5.56 Å². The van der Waals surface area contributed by atoms with E-state index in [9.17, 15) is 4.79 Å². The van der Waals surface area contributed by atoms with Crippen molar-refractivity contribution in [2.24, 2.45) is 0 Å². The van der Waals surface area contributed by atoms with E-state index in [2.05, 4.69) is 16.5 Å². The Balaban J connectivity index is 2.36. The number of nitrogens with two attached hydrogens (primary N) is 1. The number of aryl methyl sites for hydroxylation is 1. The average Bonchev–Trinajstić information content (AvgIpc) is 2.41. The number of hydrogen-bond acceptors (Lipinski definition) is 4. The van der Waals surface area contributed by atoms with Crippen molar-refractivity contribution in [1.29, 1.82) is 0 Å². The van der Waals surface area contributed by atoms with E-state index in [4.69, 9.17) is 10.5 Å². The number of H-pyrrole nitrogens is 1. The molecule has 20 heavy (non-hydrogen) atoms. The van der Waals surface area contributed by atoms with Gasteiger partial charge >= 0.3 is 0 Å². The summed E-state index contributed by atoms with van der Waals surface area (Å²) in [6.07, 6.45) is 3.03. The summed E-state index contributed by atoms with van der Waals surface area (Å²) >= 11 is 0. The fourth-order valence-electron chi connectivity index (χ4n) is 1.83. The predicted molar refractivity (Wildman–Crippen MR) is 79.1 cm³/mol. The molecular formula is C15H17N3O2. The van der Waals surface area contributed by atoms with E-state index >= 15 is 0 Å². The third-order valence-corrected chi connectivity index (χ3v) is 2.77. The lowest BCUT2D eigenvalue weighted by molar-refractivity contribution is 0.453. The third kappa shape index (κ3) is 3.26. The SMILES string of the molecule is C=CCc1cc(N)ccc1Oc1cc(=O)[nH]c(CC)n1. The van der Waals surface area contributed by atoms with Crippen molar-refractivity contribution in [2.45, 2.75) is 19.8 Å². The number of nitrogens with one attached hydrogen (secondary N) is 1. The van der Waals surface area contributed by atoms with Crippen molar-refractivity contribution in [3.63, 3.8) is 0 Å². The summed E-state index contributed by atoms with van der Waals surface area (Å²) < 4.78 is 5.71. The van der Waals surface area contributed by atoms with E-state index in [1.165, 1.54) is 6.07 Å². The molecular weight excluding hydrogens is 254 g/mol. The molecule has 0 radical (unpaired) electrons. The van der Waals surface area contributed by atoms with E-state index in [-0.39, 0.29) is 11.4 Å². The molecule has 0 fully saturated rings. The quantitative estimate of drug-likeness (QED) is 0.646. The first-order valence-electron chi connectivity index (χ1n) is 6.39. The van der Waals surface area contributed by atoms with Crippen molar-refractivity contribution in [1.82, 2.24) is 9.97 Å². The number of nitrogens with zero attached hydrogens (tertiary/aromatic N) is 1. The highest BCUT2D eigenvalue weighted by Crippen LogP contribution is 2.26. The lowest BCUT2D eigenvalue weighted by atomic mass is 10.1. The van der Waals surface area contributed by atoms with Crippen LogP contribution in [0.4, 0.5) is 5.69 Å². The topological polar surface area (TPSA) is 81.0 Å². The fraction of sp³-hybridized carbons (Fsp3) is 0.200. The van der Waals surface area contributed by atoms with Crippen LogP contribution in [-0.4, -0.2) is 9.97 Å². The maximum absolute atomic E-state index is 11.5. The van der Waals surface area contributed by atoms with E-state index in [1.807, 2.05) is 13.0 Å². The van der Waals surface area contributed by atoms with Gasteiger partial charge in [-0.1, -0.05) is 13.0 Å². The van der Waals surface area contributed by atoms with Crippen LogP contribution in [0.25, 0.3) is 0 Å². The highest BCUT2D eigenvalue weighted by molar-refractivity contribution is 5.49. The summed E-state index contributed by atoms with van der Waals surface area (Å²) in [4.78, 5) is 18.4. The van der Waals surface area contributed by atoms with Gasteiger partial charge in [-0.2, -0.15) is 4.98 Å². The van der Waals surface area contributed by atoms with Gasteiger partial charge in [0.15, 0.2) is 0 Å². The largest absolute Gasteiger partial charge is 0.438 e. The number of ether oxygens (including phenoxy) is 1. The molecule has 0 aliphatic heterocycles. The van der Waals surface area contributed by atoms with Crippen LogP contribution in [0.1, 0.15) is 18.3 Å². The van der Waals surface area contributed by atoms with Crippen molar-refractivity contribution < 1.29 is 4.74 Å². The lowest BCUT2D eigenvalue weighted by Crippen LogP contribution is -2.10. The number of benzene rings is 1. The average molecular weight is 271 g/mol. The number of hydrogen-bond donors (Lipinski definition) is 2. The van der Waals surface area contributed by atoms with Gasteiger partial charge < -0.3 is 15.5 Å². The van der Waals surface area contributed by atoms with Gasteiger partial charge in [0.05, 0.1) is 6.07 Å². The highest BCUT2D eigenvalue weighted by Gasteiger charge is 2.07. The van der Waals surface area contributed by atoms with Crippen molar-refractivity contribution >= 4 is 5.69 Å². The molecule has 3 N–H and O–H groups in total. The van der Waals surface area contributed by atoms with Crippen LogP contribution in [0, 0.1) is 0 Å². The molecule has 0 atom stereocenters. The summed E-state index contributed by atoms with van der Waals surface area (Å²) in [5.74, 6) is 1.49. The summed E-state index contributed by atoms with van der Waals surface area (Å²) in [5, 5.41) is 0. The minimum absolute atomic E-state index is 0.229. The Morgan fingerprint density at radius 1 is 1.45 bits per heavy atom. The summed E-state index contributed by atoms with van der Waals surface area (Å²) in [5.41, 5.74) is 7.09. The number of aromatic amines is 1. The van der Waals surface area contributed by atoms with Gasteiger partial charge in [-0.15, -0.1) is 6.58 Å². The van der Waals surface area contributed by atoms with Crippen LogP contribution in [0.15, 0.2) is 41.7 Å². The molecule has 5 heteroatoms. The summed E-state index contributed by atoms with van der Waals surface area (Å²) in [7, 11) is 0. The molecule has 0 aliphatic rings. The second kappa shape index (κ2) is 6.06. The number of nitrogen functional groups attached to an aromatic ring is 1. The van der Waals surface area contributed by atoms with Crippen LogP contribution < -0.4 is 16.0 Å². The summed E-state index contributed by atoms with van der Waals surface area (Å²) in [6.45, 7) is 5.62. The molecule has 1 heterocycles. The van der Waals surface area contributed by atoms with Crippen LogP contribution in [-0.2, 0) is 12.8 Å². The molecule has 1 aromatic carbocycles. The van der Waals surface area contributed by atoms with Gasteiger partial charge in [-0.25, -0.2) is 0 Å². The highest BCUT2D eigenvalue weighted by atomic mass is 16.5. The van der Waals surface area contributed by atoms with Gasteiger partial charge in [0.1, 0.15) is 11.6 Å². The number of allylic oxidation sites excluding steroid dienone is 1. The molecule has 1 aromatic heterocycles. The number of aromatic nitrogens is 2. The van der Waals surface area contributed by atoms with E-state index in [0.29, 0.717) is 30.1 Å². The molecule has 0 spiro atoms. The van der Waals surface area contributed by atoms with Crippen LogP contribution in [0.2, 0.25) is 0 Å². The molecule has 0 saturated carbocycles. The first-order chi connectivity index (χ1) is 9.62. The zero-order valence-corrected chi connectivity index (χ0v) is 11.3. The minimum atomic E-state index is -0.229. The normalized spacial score (nSPS) is 10.2. The molecule has 104 valence electrons. The second-order valence-electron chi connectivity index (χ2n) is 4.35. The van der Waals surface area contributed by atoms with E-state index < -0.39 is 0 Å². The maximum atomic E-state index is 11.5. The molecule has 5 nitrogen and oxygen atoms in total. The van der Waals surface area contributed by atoms with Crippen LogP contribution in [0.3, 0.4) is 0 Å². The zero-order chi connectivity index (χ0) is 14.5. The molecule has 0 bridgehead atoms. The Labute approximate surface area is 117 Å². The molecule has 2 aromatic rings. The smallest absolute Gasteiger partial charge is 0.254 e. The molecule has 0 amide bonds. The Kier molecular flexibility index (Phi) is 4.20. The molecule has 0 saturated heterocycles. The third-order valence-electron chi connectivity index (χ3n) is 2.77. The van der Waals surface area contributed by atoms with Gasteiger partial charge in [-0.3, -0.25) is 4.79 Å².